The molecule has 2 N–H and O–H groups in total. The molecule has 0 bridgehead atoms. The first-order valence-electron chi connectivity index (χ1n) is 10.2. The molecule has 0 aromatic carbocycles. The highest BCUT2D eigenvalue weighted by atomic mass is 16.6. The van der Waals surface area contributed by atoms with Crippen LogP contribution in [-0.2, 0) is 4.74 Å². The van der Waals surface area contributed by atoms with Crippen LogP contribution >= 0.6 is 0 Å². The van der Waals surface area contributed by atoms with E-state index in [2.05, 4.69) is 11.7 Å². The lowest BCUT2D eigenvalue weighted by Crippen LogP contribution is -1.97. The molecular formula is C20H43NO. The van der Waals surface area contributed by atoms with Crippen molar-refractivity contribution < 1.29 is 4.74 Å². The van der Waals surface area contributed by atoms with Gasteiger partial charge in [-0.3, -0.25) is 0 Å². The lowest BCUT2D eigenvalue weighted by Gasteiger charge is -2.03. The molecule has 2 nitrogen and oxygen atoms in total. The second-order valence-electron chi connectivity index (χ2n) is 6.70. The zero-order chi connectivity index (χ0) is 16.1. The molecule has 0 radical (unpaired) electrons. The van der Waals surface area contributed by atoms with Crippen LogP contribution < -0.4 is 5.73 Å². The third-order valence-electron chi connectivity index (χ3n) is 4.26. The van der Waals surface area contributed by atoms with Crippen molar-refractivity contribution in [1.29, 1.82) is 0 Å². The topological polar surface area (TPSA) is 38.5 Å². The Labute approximate surface area is 140 Å². The van der Waals surface area contributed by atoms with Crippen LogP contribution in [0.3, 0.4) is 0 Å². The van der Waals surface area contributed by atoms with Gasteiger partial charge in [0.05, 0.1) is 13.2 Å². The Morgan fingerprint density at radius 2 is 0.818 bits per heavy atom. The van der Waals surface area contributed by atoms with Crippen molar-refractivity contribution in [2.24, 2.45) is 5.73 Å². The van der Waals surface area contributed by atoms with E-state index in [4.69, 9.17) is 5.73 Å². The van der Waals surface area contributed by atoms with Gasteiger partial charge in [-0.05, 0) is 13.0 Å². The number of ether oxygens (including phenoxy) is 1. The van der Waals surface area contributed by atoms with Crippen molar-refractivity contribution in [3.05, 3.63) is 0 Å². The minimum Gasteiger partial charge on any atom is -0.377 e. The fraction of sp³-hybridized carbons (Fsp3) is 1.00. The highest BCUT2D eigenvalue weighted by Gasteiger charge is 1.94. The summed E-state index contributed by atoms with van der Waals surface area (Å²) >= 11 is 0. The fourth-order valence-corrected chi connectivity index (χ4v) is 2.69. The van der Waals surface area contributed by atoms with Crippen molar-refractivity contribution in [2.75, 3.05) is 19.8 Å². The van der Waals surface area contributed by atoms with E-state index >= 15 is 0 Å². The van der Waals surface area contributed by atoms with Gasteiger partial charge in [0.1, 0.15) is 0 Å². The monoisotopic (exact) mass is 313 g/mol. The first-order valence-corrected chi connectivity index (χ1v) is 10.2. The van der Waals surface area contributed by atoms with Gasteiger partial charge < -0.3 is 10.5 Å². The van der Waals surface area contributed by atoms with Crippen LogP contribution in [0.15, 0.2) is 0 Å². The third-order valence-corrected chi connectivity index (χ3v) is 4.26. The van der Waals surface area contributed by atoms with E-state index < -0.39 is 0 Å². The fourth-order valence-electron chi connectivity index (χ4n) is 2.69. The Balaban J connectivity index is 0.00000129. The summed E-state index contributed by atoms with van der Waals surface area (Å²) in [7, 11) is 0. The van der Waals surface area contributed by atoms with E-state index in [9.17, 15) is 0 Å². The molecule has 0 atom stereocenters. The molecule has 0 aromatic rings. The van der Waals surface area contributed by atoms with E-state index in [-0.39, 0.29) is 0 Å². The Morgan fingerprint density at radius 3 is 1.05 bits per heavy atom. The molecule has 2 heteroatoms. The molecule has 0 spiro atoms. The Bertz CT molecular complexity index is 164. The standard InChI is InChI=1S/C18H39N.C2H4O/c1-2-3-4-5-6-7-8-9-10-11-12-13-14-15-16-17-18-19;1-2-3-1/h2-19H2,1H3;1-2H2. The number of nitrogens with two attached hydrogens (primary N) is 1. The van der Waals surface area contributed by atoms with Crippen LogP contribution in [0.1, 0.15) is 110 Å². The van der Waals surface area contributed by atoms with E-state index in [1.807, 2.05) is 0 Å². The van der Waals surface area contributed by atoms with Gasteiger partial charge in [0, 0.05) is 0 Å². The summed E-state index contributed by atoms with van der Waals surface area (Å²) < 4.78 is 4.50. The van der Waals surface area contributed by atoms with Crippen molar-refractivity contribution >= 4 is 0 Å². The number of unbranched alkanes of at least 4 members (excludes halogenated alkanes) is 15. The molecule has 1 aliphatic rings. The predicted octanol–water partition coefficient (Wildman–Crippen LogP) is 6.22. The number of rotatable bonds is 16. The van der Waals surface area contributed by atoms with Crippen LogP contribution in [0.25, 0.3) is 0 Å². The molecule has 0 aliphatic carbocycles. The van der Waals surface area contributed by atoms with E-state index in [0.29, 0.717) is 0 Å². The molecule has 1 saturated heterocycles. The molecule has 22 heavy (non-hydrogen) atoms. The van der Waals surface area contributed by atoms with Crippen molar-refractivity contribution in [3.8, 4) is 0 Å². The van der Waals surface area contributed by atoms with Gasteiger partial charge in [-0.15, -0.1) is 0 Å². The smallest absolute Gasteiger partial charge is 0.0701 e. The van der Waals surface area contributed by atoms with Gasteiger partial charge in [0.2, 0.25) is 0 Å². The molecule has 0 aromatic heterocycles. The summed E-state index contributed by atoms with van der Waals surface area (Å²) in [6.45, 7) is 5.16. The minimum absolute atomic E-state index is 0.873. The SMILES string of the molecule is C1CO1.CCCCCCCCCCCCCCCCCCN. The number of epoxide rings is 1. The summed E-state index contributed by atoms with van der Waals surface area (Å²) in [6.07, 6.45) is 22.9. The van der Waals surface area contributed by atoms with Crippen LogP contribution in [-0.4, -0.2) is 19.8 Å². The zero-order valence-corrected chi connectivity index (χ0v) is 15.4. The summed E-state index contributed by atoms with van der Waals surface area (Å²) in [6, 6.07) is 0. The lowest BCUT2D eigenvalue weighted by atomic mass is 10.0. The largest absolute Gasteiger partial charge is 0.377 e. The molecule has 0 unspecified atom stereocenters. The highest BCUT2D eigenvalue weighted by molar-refractivity contribution is 4.50. The average Bonchev–Trinajstić information content (AvgIpc) is 3.40. The summed E-state index contributed by atoms with van der Waals surface area (Å²) in [4.78, 5) is 0. The highest BCUT2D eigenvalue weighted by Crippen LogP contribution is 2.13. The van der Waals surface area contributed by atoms with Crippen LogP contribution in [0.4, 0.5) is 0 Å². The van der Waals surface area contributed by atoms with Gasteiger partial charge in [0.15, 0.2) is 0 Å². The van der Waals surface area contributed by atoms with Gasteiger partial charge >= 0.3 is 0 Å². The van der Waals surface area contributed by atoms with Gasteiger partial charge in [-0.2, -0.15) is 0 Å². The first kappa shape index (κ1) is 21.9. The summed E-state index contributed by atoms with van der Waals surface area (Å²) in [5.74, 6) is 0. The Morgan fingerprint density at radius 1 is 0.545 bits per heavy atom. The normalized spacial score (nSPS) is 12.8. The lowest BCUT2D eigenvalue weighted by molar-refractivity contribution is 0.475. The molecule has 1 fully saturated rings. The summed E-state index contributed by atoms with van der Waals surface area (Å²) in [5.41, 5.74) is 5.48. The second-order valence-corrected chi connectivity index (χ2v) is 6.70. The van der Waals surface area contributed by atoms with Gasteiger partial charge in [0.25, 0.3) is 0 Å². The molecule has 0 saturated carbocycles. The van der Waals surface area contributed by atoms with Crippen molar-refractivity contribution in [3.63, 3.8) is 0 Å². The van der Waals surface area contributed by atoms with Crippen LogP contribution in [0.5, 0.6) is 0 Å². The Hall–Kier alpha value is -0.0800. The number of hydrogen-bond acceptors (Lipinski definition) is 2. The molecule has 1 rings (SSSR count). The molecule has 1 heterocycles. The molecular weight excluding hydrogens is 270 g/mol. The molecule has 0 amide bonds. The van der Waals surface area contributed by atoms with Gasteiger partial charge in [-0.1, -0.05) is 103 Å². The van der Waals surface area contributed by atoms with Crippen LogP contribution in [0.2, 0.25) is 0 Å². The van der Waals surface area contributed by atoms with Crippen molar-refractivity contribution in [1.82, 2.24) is 0 Å². The van der Waals surface area contributed by atoms with E-state index in [1.54, 1.807) is 0 Å². The zero-order valence-electron chi connectivity index (χ0n) is 15.4. The summed E-state index contributed by atoms with van der Waals surface area (Å²) in [5, 5.41) is 0. The minimum atomic E-state index is 0.873. The molecule has 1 aliphatic heterocycles. The maximum Gasteiger partial charge on any atom is 0.0701 e. The predicted molar refractivity (Wildman–Crippen MR) is 99.4 cm³/mol. The maximum absolute atomic E-state index is 5.48. The first-order chi connectivity index (χ1) is 10.9. The Kier molecular flexibility index (Phi) is 20.8. The van der Waals surface area contributed by atoms with E-state index in [0.717, 1.165) is 19.8 Å². The number of hydrogen-bond donors (Lipinski definition) is 1. The average molecular weight is 314 g/mol. The van der Waals surface area contributed by atoms with Crippen molar-refractivity contribution in [2.45, 2.75) is 110 Å². The van der Waals surface area contributed by atoms with E-state index in [1.165, 1.54) is 103 Å². The third kappa shape index (κ3) is 24.9. The van der Waals surface area contributed by atoms with Crippen LogP contribution in [0, 0.1) is 0 Å². The van der Waals surface area contributed by atoms with Gasteiger partial charge in [-0.25, -0.2) is 0 Å². The second kappa shape index (κ2) is 20.9. The molecule has 134 valence electrons. The quantitative estimate of drug-likeness (QED) is 0.271. The maximum atomic E-state index is 5.48.